The SMILES string of the molecule is CC(O)CC1CCCN1C(=O)CN1C(=O)CCc2ccccc21. The van der Waals surface area contributed by atoms with E-state index < -0.39 is 6.10 Å². The lowest BCUT2D eigenvalue weighted by Crippen LogP contribution is -2.46. The van der Waals surface area contributed by atoms with Crippen molar-refractivity contribution >= 4 is 17.5 Å². The molecular weight excluding hydrogens is 292 g/mol. The van der Waals surface area contributed by atoms with E-state index in [-0.39, 0.29) is 24.4 Å². The number of carbonyl (C=O) groups is 2. The van der Waals surface area contributed by atoms with Crippen molar-refractivity contribution < 1.29 is 14.7 Å². The van der Waals surface area contributed by atoms with E-state index in [1.807, 2.05) is 29.2 Å². The minimum absolute atomic E-state index is 0.0156. The summed E-state index contributed by atoms with van der Waals surface area (Å²) in [5.74, 6) is 0.00141. The van der Waals surface area contributed by atoms with Crippen LogP contribution in [0.1, 0.15) is 38.2 Å². The largest absolute Gasteiger partial charge is 0.393 e. The number of hydrogen-bond acceptors (Lipinski definition) is 3. The van der Waals surface area contributed by atoms with Crippen molar-refractivity contribution in [3.05, 3.63) is 29.8 Å². The highest BCUT2D eigenvalue weighted by atomic mass is 16.3. The molecule has 2 heterocycles. The second-order valence-electron chi connectivity index (χ2n) is 6.58. The van der Waals surface area contributed by atoms with Gasteiger partial charge in [-0.15, -0.1) is 0 Å². The summed E-state index contributed by atoms with van der Waals surface area (Å²) >= 11 is 0. The Morgan fingerprint density at radius 1 is 1.35 bits per heavy atom. The van der Waals surface area contributed by atoms with Gasteiger partial charge in [0.15, 0.2) is 0 Å². The fourth-order valence-electron chi connectivity index (χ4n) is 3.70. The Kier molecular flexibility index (Phi) is 4.66. The molecule has 0 aliphatic carbocycles. The number of aryl methyl sites for hydroxylation is 1. The molecular formula is C18H24N2O3. The first-order chi connectivity index (χ1) is 11.1. The zero-order valence-corrected chi connectivity index (χ0v) is 13.6. The second kappa shape index (κ2) is 6.71. The van der Waals surface area contributed by atoms with Crippen LogP contribution < -0.4 is 4.90 Å². The first-order valence-corrected chi connectivity index (χ1v) is 8.42. The van der Waals surface area contributed by atoms with Gasteiger partial charge in [0.25, 0.3) is 0 Å². The van der Waals surface area contributed by atoms with Crippen molar-refractivity contribution in [3.8, 4) is 0 Å². The Morgan fingerprint density at radius 2 is 2.13 bits per heavy atom. The Bertz CT molecular complexity index is 600. The lowest BCUT2D eigenvalue weighted by Gasteiger charge is -2.32. The average Bonchev–Trinajstić information content (AvgIpc) is 2.97. The molecule has 5 nitrogen and oxygen atoms in total. The Labute approximate surface area is 136 Å². The summed E-state index contributed by atoms with van der Waals surface area (Å²) in [7, 11) is 0. The van der Waals surface area contributed by atoms with Gasteiger partial charge >= 0.3 is 0 Å². The first-order valence-electron chi connectivity index (χ1n) is 8.42. The molecule has 124 valence electrons. The van der Waals surface area contributed by atoms with Crippen molar-refractivity contribution in [2.75, 3.05) is 18.0 Å². The normalized spacial score (nSPS) is 22.2. The fourth-order valence-corrected chi connectivity index (χ4v) is 3.70. The molecule has 5 heteroatoms. The monoisotopic (exact) mass is 316 g/mol. The summed E-state index contributed by atoms with van der Waals surface area (Å²) in [6.45, 7) is 2.58. The number of hydrogen-bond donors (Lipinski definition) is 1. The van der Waals surface area contributed by atoms with Crippen molar-refractivity contribution in [1.29, 1.82) is 0 Å². The zero-order chi connectivity index (χ0) is 16.4. The summed E-state index contributed by atoms with van der Waals surface area (Å²) < 4.78 is 0. The number of aliphatic hydroxyl groups is 1. The lowest BCUT2D eigenvalue weighted by atomic mass is 10.0. The van der Waals surface area contributed by atoms with E-state index in [0.717, 1.165) is 37.1 Å². The van der Waals surface area contributed by atoms with Crippen LogP contribution in [0.4, 0.5) is 5.69 Å². The minimum Gasteiger partial charge on any atom is -0.393 e. The predicted molar refractivity (Wildman–Crippen MR) is 88.1 cm³/mol. The smallest absolute Gasteiger partial charge is 0.242 e. The zero-order valence-electron chi connectivity index (χ0n) is 13.6. The van der Waals surface area contributed by atoms with Crippen LogP contribution in [0.15, 0.2) is 24.3 Å². The van der Waals surface area contributed by atoms with Gasteiger partial charge in [0.05, 0.1) is 6.10 Å². The van der Waals surface area contributed by atoms with Crippen LogP contribution in [-0.2, 0) is 16.0 Å². The maximum absolute atomic E-state index is 12.7. The maximum atomic E-state index is 12.7. The number of benzene rings is 1. The number of nitrogens with zero attached hydrogens (tertiary/aromatic N) is 2. The molecule has 1 fully saturated rings. The van der Waals surface area contributed by atoms with Crippen molar-refractivity contribution in [2.24, 2.45) is 0 Å². The number of anilines is 1. The number of rotatable bonds is 4. The summed E-state index contributed by atoms with van der Waals surface area (Å²) in [6, 6.07) is 7.90. The Morgan fingerprint density at radius 3 is 2.91 bits per heavy atom. The third-order valence-electron chi connectivity index (χ3n) is 4.80. The molecule has 0 radical (unpaired) electrons. The minimum atomic E-state index is -0.411. The van der Waals surface area contributed by atoms with E-state index in [4.69, 9.17) is 0 Å². The molecule has 3 rings (SSSR count). The van der Waals surface area contributed by atoms with Gasteiger partial charge in [-0.25, -0.2) is 0 Å². The molecule has 0 spiro atoms. The molecule has 0 bridgehead atoms. The summed E-state index contributed by atoms with van der Waals surface area (Å²) in [5.41, 5.74) is 1.99. The number of likely N-dealkylation sites (tertiary alicyclic amines) is 1. The van der Waals surface area contributed by atoms with Crippen LogP contribution in [0.25, 0.3) is 0 Å². The third-order valence-corrected chi connectivity index (χ3v) is 4.80. The van der Waals surface area contributed by atoms with Crippen LogP contribution >= 0.6 is 0 Å². The molecule has 1 saturated heterocycles. The van der Waals surface area contributed by atoms with Gasteiger partial charge in [-0.2, -0.15) is 0 Å². The van der Waals surface area contributed by atoms with Crippen LogP contribution in [-0.4, -0.2) is 47.1 Å². The molecule has 2 atom stereocenters. The topological polar surface area (TPSA) is 60.9 Å². The molecule has 1 N–H and O–H groups in total. The number of carbonyl (C=O) groups excluding carboxylic acids is 2. The van der Waals surface area contributed by atoms with E-state index in [1.165, 1.54) is 0 Å². The molecule has 1 aromatic carbocycles. The van der Waals surface area contributed by atoms with E-state index in [1.54, 1.807) is 11.8 Å². The van der Waals surface area contributed by atoms with Crippen LogP contribution in [0.5, 0.6) is 0 Å². The highest BCUT2D eigenvalue weighted by Gasteiger charge is 2.32. The highest BCUT2D eigenvalue weighted by molar-refractivity contribution is 6.01. The molecule has 1 aromatic rings. The standard InChI is InChI=1S/C18H24N2O3/c1-13(21)11-15-6-4-10-19(15)18(23)12-20-16-7-3-2-5-14(16)8-9-17(20)22/h2-3,5,7,13,15,21H,4,6,8-12H2,1H3. The summed E-state index contributed by atoms with van der Waals surface area (Å²) in [4.78, 5) is 28.5. The first kappa shape index (κ1) is 16.0. The fraction of sp³-hybridized carbons (Fsp3) is 0.556. The number of amides is 2. The predicted octanol–water partition coefficient (Wildman–Crippen LogP) is 1.73. The molecule has 2 unspecified atom stereocenters. The lowest BCUT2D eigenvalue weighted by molar-refractivity contribution is -0.132. The maximum Gasteiger partial charge on any atom is 0.242 e. The van der Waals surface area contributed by atoms with Crippen molar-refractivity contribution in [2.45, 2.75) is 51.2 Å². The van der Waals surface area contributed by atoms with E-state index in [9.17, 15) is 14.7 Å². The van der Waals surface area contributed by atoms with Gasteiger partial charge < -0.3 is 14.9 Å². The van der Waals surface area contributed by atoms with Gasteiger partial charge in [0, 0.05) is 24.7 Å². The second-order valence-corrected chi connectivity index (χ2v) is 6.58. The van der Waals surface area contributed by atoms with E-state index in [0.29, 0.717) is 12.8 Å². The molecule has 2 aliphatic rings. The van der Waals surface area contributed by atoms with Gasteiger partial charge in [-0.1, -0.05) is 18.2 Å². The van der Waals surface area contributed by atoms with Gasteiger partial charge in [0.2, 0.25) is 11.8 Å². The molecule has 0 saturated carbocycles. The molecule has 2 aliphatic heterocycles. The van der Waals surface area contributed by atoms with Gasteiger partial charge in [-0.3, -0.25) is 9.59 Å². The number of para-hydroxylation sites is 1. The quantitative estimate of drug-likeness (QED) is 0.920. The van der Waals surface area contributed by atoms with Crippen molar-refractivity contribution in [1.82, 2.24) is 4.90 Å². The third kappa shape index (κ3) is 3.39. The summed E-state index contributed by atoms with van der Waals surface area (Å²) in [6.07, 6.45) is 3.30. The Balaban J connectivity index is 1.73. The van der Waals surface area contributed by atoms with Crippen LogP contribution in [0, 0.1) is 0 Å². The summed E-state index contributed by atoms with van der Waals surface area (Å²) in [5, 5.41) is 9.60. The Hall–Kier alpha value is -1.88. The van der Waals surface area contributed by atoms with E-state index >= 15 is 0 Å². The van der Waals surface area contributed by atoms with E-state index in [2.05, 4.69) is 0 Å². The van der Waals surface area contributed by atoms with Crippen LogP contribution in [0.2, 0.25) is 0 Å². The van der Waals surface area contributed by atoms with Gasteiger partial charge in [0.1, 0.15) is 6.54 Å². The molecule has 0 aromatic heterocycles. The number of fused-ring (bicyclic) bond motifs is 1. The molecule has 2 amide bonds. The number of aliphatic hydroxyl groups excluding tert-OH is 1. The highest BCUT2D eigenvalue weighted by Crippen LogP contribution is 2.28. The van der Waals surface area contributed by atoms with Gasteiger partial charge in [-0.05, 0) is 44.2 Å². The van der Waals surface area contributed by atoms with Crippen LogP contribution in [0.3, 0.4) is 0 Å². The van der Waals surface area contributed by atoms with Crippen molar-refractivity contribution in [3.63, 3.8) is 0 Å². The molecule has 23 heavy (non-hydrogen) atoms. The average molecular weight is 316 g/mol.